The molecule has 0 aliphatic carbocycles. The smallest absolute Gasteiger partial charge is 0.264 e. The van der Waals surface area contributed by atoms with Crippen molar-refractivity contribution in [1.82, 2.24) is 19.1 Å². The summed E-state index contributed by atoms with van der Waals surface area (Å²) in [7, 11) is 2.09. The van der Waals surface area contributed by atoms with Gasteiger partial charge in [0.25, 0.3) is 0 Å². The minimum atomic E-state index is 0.882. The molecule has 0 bridgehead atoms. The van der Waals surface area contributed by atoms with Gasteiger partial charge in [-0.1, -0.05) is 0 Å². The first-order chi connectivity index (χ1) is 9.84. The molecule has 0 saturated heterocycles. The molecule has 0 radical (unpaired) electrons. The number of imidazole rings is 2. The first-order valence-electron chi connectivity index (χ1n) is 6.61. The molecule has 0 N–H and O–H groups in total. The van der Waals surface area contributed by atoms with Crippen molar-refractivity contribution in [2.75, 3.05) is 0 Å². The van der Waals surface area contributed by atoms with Gasteiger partial charge < -0.3 is 0 Å². The van der Waals surface area contributed by atoms with Gasteiger partial charge >= 0.3 is 5.78 Å². The highest BCUT2D eigenvalue weighted by molar-refractivity contribution is 5.76. The molecule has 0 fully saturated rings. The molecule has 5 heteroatoms. The van der Waals surface area contributed by atoms with Crippen LogP contribution in [-0.2, 0) is 13.6 Å². The molecule has 4 aromatic heterocycles. The predicted molar refractivity (Wildman–Crippen MR) is 74.2 cm³/mol. The van der Waals surface area contributed by atoms with Gasteiger partial charge in [-0.25, -0.2) is 9.13 Å². The van der Waals surface area contributed by atoms with E-state index in [1.807, 2.05) is 24.8 Å². The standard InChI is InChI=1S/C15H12N5/c1-18-13-7-17-5-3-12(13)20-9-14-11-2-4-16-6-10(11)8-19(14)15(18)20/h2-7,9H,8H2,1H3/q+1. The Kier molecular flexibility index (Phi) is 1.65. The highest BCUT2D eigenvalue weighted by Crippen LogP contribution is 2.32. The maximum Gasteiger partial charge on any atom is 0.370 e. The third kappa shape index (κ3) is 1.02. The van der Waals surface area contributed by atoms with Gasteiger partial charge in [0.15, 0.2) is 5.52 Å². The maximum absolute atomic E-state index is 4.23. The number of pyridine rings is 2. The fourth-order valence-electron chi connectivity index (χ4n) is 3.30. The lowest BCUT2D eigenvalue weighted by molar-refractivity contribution is -0.480. The van der Waals surface area contributed by atoms with Crippen molar-refractivity contribution in [3.63, 3.8) is 0 Å². The summed E-state index contributed by atoms with van der Waals surface area (Å²) in [6, 6.07) is 4.16. The molecule has 20 heavy (non-hydrogen) atoms. The van der Waals surface area contributed by atoms with Gasteiger partial charge in [-0.05, 0) is 12.1 Å². The van der Waals surface area contributed by atoms with E-state index in [4.69, 9.17) is 0 Å². The molecule has 5 rings (SSSR count). The molecule has 0 atom stereocenters. The van der Waals surface area contributed by atoms with Gasteiger partial charge in [0, 0.05) is 29.7 Å². The Hall–Kier alpha value is -2.69. The first-order valence-corrected chi connectivity index (χ1v) is 6.61. The summed E-state index contributed by atoms with van der Waals surface area (Å²) in [5, 5.41) is 0. The molecule has 1 aliphatic heterocycles. The number of nitrogens with zero attached hydrogens (tertiary/aromatic N) is 5. The van der Waals surface area contributed by atoms with Crippen molar-refractivity contribution in [2.45, 2.75) is 6.54 Å². The molecular weight excluding hydrogens is 250 g/mol. The zero-order valence-corrected chi connectivity index (χ0v) is 11.0. The van der Waals surface area contributed by atoms with Crippen LogP contribution in [0.1, 0.15) is 5.56 Å². The molecule has 1 aliphatic rings. The number of hydrogen-bond acceptors (Lipinski definition) is 2. The highest BCUT2D eigenvalue weighted by atomic mass is 15.3. The van der Waals surface area contributed by atoms with Gasteiger partial charge in [-0.15, -0.1) is 0 Å². The van der Waals surface area contributed by atoms with E-state index in [1.54, 1.807) is 0 Å². The first kappa shape index (κ1) is 10.1. The molecule has 5 nitrogen and oxygen atoms in total. The van der Waals surface area contributed by atoms with Crippen LogP contribution in [0.4, 0.5) is 0 Å². The third-order valence-electron chi connectivity index (χ3n) is 4.21. The average molecular weight is 262 g/mol. The SMILES string of the molecule is Cn1c2cnccc2[n+]2cc3n(c12)Cc1cnccc1-3. The van der Waals surface area contributed by atoms with Gasteiger partial charge in [0.1, 0.15) is 17.4 Å². The second-order valence-corrected chi connectivity index (χ2v) is 5.23. The van der Waals surface area contributed by atoms with Crippen LogP contribution in [-0.4, -0.2) is 19.1 Å². The highest BCUT2D eigenvalue weighted by Gasteiger charge is 2.30. The third-order valence-corrected chi connectivity index (χ3v) is 4.21. The Morgan fingerprint density at radius 3 is 2.95 bits per heavy atom. The summed E-state index contributed by atoms with van der Waals surface area (Å²) >= 11 is 0. The van der Waals surface area contributed by atoms with Crippen LogP contribution < -0.4 is 4.40 Å². The van der Waals surface area contributed by atoms with Crippen LogP contribution in [0, 0.1) is 0 Å². The van der Waals surface area contributed by atoms with Crippen molar-refractivity contribution < 1.29 is 4.40 Å². The predicted octanol–water partition coefficient (Wildman–Crippen LogP) is 1.54. The van der Waals surface area contributed by atoms with Crippen LogP contribution in [0.2, 0.25) is 0 Å². The van der Waals surface area contributed by atoms with E-state index in [1.165, 1.54) is 28.1 Å². The van der Waals surface area contributed by atoms with E-state index >= 15 is 0 Å². The van der Waals surface area contributed by atoms with E-state index in [0.29, 0.717) is 0 Å². The second kappa shape index (κ2) is 3.25. The summed E-state index contributed by atoms with van der Waals surface area (Å²) in [6.07, 6.45) is 9.79. The normalized spacial score (nSPS) is 13.1. The zero-order chi connectivity index (χ0) is 13.3. The minimum absolute atomic E-state index is 0.882. The number of hydrogen-bond donors (Lipinski definition) is 0. The van der Waals surface area contributed by atoms with Crippen LogP contribution >= 0.6 is 0 Å². The van der Waals surface area contributed by atoms with Crippen molar-refractivity contribution in [1.29, 1.82) is 0 Å². The number of rotatable bonds is 0. The molecule has 0 saturated carbocycles. The van der Waals surface area contributed by atoms with Crippen LogP contribution in [0.5, 0.6) is 0 Å². The summed E-state index contributed by atoms with van der Waals surface area (Å²) in [5.74, 6) is 1.18. The molecule has 0 amide bonds. The quantitative estimate of drug-likeness (QED) is 0.397. The molecular formula is C15H12N5+. The average Bonchev–Trinajstić information content (AvgIpc) is 3.09. The lowest BCUT2D eigenvalue weighted by Gasteiger charge is -1.93. The van der Waals surface area contributed by atoms with E-state index in [9.17, 15) is 0 Å². The fraction of sp³-hybridized carbons (Fsp3) is 0.133. The Bertz CT molecular complexity index is 992. The molecule has 0 spiro atoms. The lowest BCUT2D eigenvalue weighted by atomic mass is 10.1. The van der Waals surface area contributed by atoms with E-state index < -0.39 is 0 Å². The monoisotopic (exact) mass is 262 g/mol. The summed E-state index contributed by atoms with van der Waals surface area (Å²) in [5.41, 5.74) is 6.16. The molecule has 0 unspecified atom stereocenters. The molecule has 0 aromatic carbocycles. The number of fused-ring (bicyclic) bond motifs is 7. The van der Waals surface area contributed by atoms with Crippen molar-refractivity contribution >= 4 is 16.8 Å². The summed E-state index contributed by atoms with van der Waals surface area (Å²) < 4.78 is 6.78. The van der Waals surface area contributed by atoms with Gasteiger partial charge in [-0.2, -0.15) is 4.40 Å². The van der Waals surface area contributed by atoms with Gasteiger partial charge in [-0.3, -0.25) is 9.97 Å². The Morgan fingerprint density at radius 2 is 2.00 bits per heavy atom. The molecule has 96 valence electrons. The van der Waals surface area contributed by atoms with Gasteiger partial charge in [0.05, 0.1) is 19.8 Å². The van der Waals surface area contributed by atoms with E-state index in [2.05, 4.69) is 48.9 Å². The molecule has 5 heterocycles. The van der Waals surface area contributed by atoms with Crippen LogP contribution in [0.3, 0.4) is 0 Å². The Labute approximate surface area is 114 Å². The van der Waals surface area contributed by atoms with Crippen LogP contribution in [0.25, 0.3) is 28.1 Å². The van der Waals surface area contributed by atoms with Crippen molar-refractivity contribution in [3.05, 3.63) is 48.7 Å². The van der Waals surface area contributed by atoms with Crippen molar-refractivity contribution in [2.24, 2.45) is 7.05 Å². The molecule has 4 aromatic rings. The zero-order valence-electron chi connectivity index (χ0n) is 11.0. The Balaban J connectivity index is 1.97. The topological polar surface area (TPSA) is 39.7 Å². The minimum Gasteiger partial charge on any atom is -0.264 e. The Morgan fingerprint density at radius 1 is 1.15 bits per heavy atom. The van der Waals surface area contributed by atoms with E-state index in [0.717, 1.165) is 12.1 Å². The number of aryl methyl sites for hydroxylation is 1. The van der Waals surface area contributed by atoms with Crippen molar-refractivity contribution in [3.8, 4) is 11.3 Å². The number of aromatic nitrogens is 5. The second-order valence-electron chi connectivity index (χ2n) is 5.23. The van der Waals surface area contributed by atoms with Crippen LogP contribution in [0.15, 0.2) is 43.1 Å². The lowest BCUT2D eigenvalue weighted by Crippen LogP contribution is -2.18. The van der Waals surface area contributed by atoms with E-state index in [-0.39, 0.29) is 0 Å². The largest absolute Gasteiger partial charge is 0.370 e. The fourth-order valence-corrected chi connectivity index (χ4v) is 3.30. The summed E-state index contributed by atoms with van der Waals surface area (Å²) in [6.45, 7) is 0.882. The summed E-state index contributed by atoms with van der Waals surface area (Å²) in [4.78, 5) is 8.46. The van der Waals surface area contributed by atoms with Gasteiger partial charge in [0.2, 0.25) is 0 Å². The maximum atomic E-state index is 4.23.